The molecule has 0 aliphatic heterocycles. The van der Waals surface area contributed by atoms with Crippen LogP contribution in [0.15, 0.2) is 29.3 Å². The Labute approximate surface area is 125 Å². The lowest BCUT2D eigenvalue weighted by atomic mass is 9.59. The molecule has 2 rings (SSSR count). The first-order valence-corrected chi connectivity index (χ1v) is 7.90. The highest BCUT2D eigenvalue weighted by molar-refractivity contribution is 5.55. The number of benzene rings is 1. The van der Waals surface area contributed by atoms with E-state index in [0.29, 0.717) is 5.92 Å². The molecule has 0 atom stereocenters. The molecule has 0 saturated heterocycles. The van der Waals surface area contributed by atoms with Gasteiger partial charge in [-0.05, 0) is 37.3 Å². The molecule has 1 aliphatic carbocycles. The highest BCUT2D eigenvalue weighted by Gasteiger charge is 2.41. The van der Waals surface area contributed by atoms with E-state index in [1.807, 2.05) is 0 Å². The summed E-state index contributed by atoms with van der Waals surface area (Å²) in [7, 11) is 0. The highest BCUT2D eigenvalue weighted by atomic mass is 14.4. The van der Waals surface area contributed by atoms with Crippen LogP contribution in [0.4, 0.5) is 0 Å². The van der Waals surface area contributed by atoms with E-state index in [9.17, 15) is 0 Å². The van der Waals surface area contributed by atoms with Gasteiger partial charge in [0.05, 0.1) is 0 Å². The molecule has 0 heterocycles. The van der Waals surface area contributed by atoms with Gasteiger partial charge in [-0.25, -0.2) is 0 Å². The number of aryl methyl sites for hydroxylation is 1. The minimum atomic E-state index is 0.156. The molecule has 1 aliphatic rings. The van der Waals surface area contributed by atoms with Crippen LogP contribution in [0.1, 0.15) is 71.6 Å². The van der Waals surface area contributed by atoms with Crippen LogP contribution in [0.3, 0.4) is 0 Å². The lowest BCUT2D eigenvalue weighted by molar-refractivity contribution is 0.461. The zero-order valence-corrected chi connectivity index (χ0v) is 14.5. The van der Waals surface area contributed by atoms with Crippen LogP contribution >= 0.6 is 0 Å². The molecular formula is C20H30. The Morgan fingerprint density at radius 3 is 2.05 bits per heavy atom. The van der Waals surface area contributed by atoms with Crippen molar-refractivity contribution in [2.24, 2.45) is 5.92 Å². The summed E-state index contributed by atoms with van der Waals surface area (Å²) in [6.07, 6.45) is 1.20. The lowest BCUT2D eigenvalue weighted by Crippen LogP contribution is -2.37. The first kappa shape index (κ1) is 15.4. The van der Waals surface area contributed by atoms with Crippen LogP contribution in [0, 0.1) is 12.8 Å². The van der Waals surface area contributed by atoms with E-state index in [4.69, 9.17) is 0 Å². The molecular weight excluding hydrogens is 240 g/mol. The van der Waals surface area contributed by atoms with E-state index in [-0.39, 0.29) is 10.8 Å². The Kier molecular flexibility index (Phi) is 3.65. The third-order valence-corrected chi connectivity index (χ3v) is 5.28. The minimum Gasteiger partial charge on any atom is -0.0632 e. The van der Waals surface area contributed by atoms with Gasteiger partial charge in [-0.15, -0.1) is 0 Å². The lowest BCUT2D eigenvalue weighted by Gasteiger charge is -2.45. The molecule has 1 aromatic rings. The van der Waals surface area contributed by atoms with Crippen LogP contribution in [0.2, 0.25) is 0 Å². The van der Waals surface area contributed by atoms with Gasteiger partial charge in [0, 0.05) is 10.8 Å². The van der Waals surface area contributed by atoms with Gasteiger partial charge in [0.1, 0.15) is 0 Å². The van der Waals surface area contributed by atoms with Crippen LogP contribution < -0.4 is 0 Å². The average molecular weight is 270 g/mol. The second-order valence-electron chi connectivity index (χ2n) is 8.00. The molecule has 0 amide bonds. The van der Waals surface area contributed by atoms with Crippen molar-refractivity contribution < 1.29 is 0 Å². The smallest absolute Gasteiger partial charge is 0.0111 e. The molecule has 0 heteroatoms. The first-order valence-electron chi connectivity index (χ1n) is 7.90. The summed E-state index contributed by atoms with van der Waals surface area (Å²) in [5.74, 6) is 0.710. The summed E-state index contributed by atoms with van der Waals surface area (Å²) < 4.78 is 0. The van der Waals surface area contributed by atoms with Crippen LogP contribution in [0.25, 0.3) is 0 Å². The van der Waals surface area contributed by atoms with Gasteiger partial charge in [-0.1, -0.05) is 76.5 Å². The Morgan fingerprint density at radius 1 is 0.900 bits per heavy atom. The molecule has 0 aromatic heterocycles. The van der Waals surface area contributed by atoms with Crippen LogP contribution in [-0.4, -0.2) is 0 Å². The molecule has 0 unspecified atom stereocenters. The fourth-order valence-electron chi connectivity index (χ4n) is 3.75. The highest BCUT2D eigenvalue weighted by Crippen LogP contribution is 2.50. The monoisotopic (exact) mass is 270 g/mol. The predicted molar refractivity (Wildman–Crippen MR) is 89.4 cm³/mol. The quantitative estimate of drug-likeness (QED) is 0.585. The van der Waals surface area contributed by atoms with Gasteiger partial charge < -0.3 is 0 Å². The van der Waals surface area contributed by atoms with Crippen molar-refractivity contribution in [3.63, 3.8) is 0 Å². The Balaban J connectivity index is 2.72. The third-order valence-electron chi connectivity index (χ3n) is 5.28. The van der Waals surface area contributed by atoms with E-state index in [0.717, 1.165) is 0 Å². The van der Waals surface area contributed by atoms with Gasteiger partial charge >= 0.3 is 0 Å². The Hall–Kier alpha value is -1.04. The number of rotatable bonds is 2. The maximum absolute atomic E-state index is 2.41. The summed E-state index contributed by atoms with van der Waals surface area (Å²) in [6.45, 7) is 18.8. The van der Waals surface area contributed by atoms with Crippen molar-refractivity contribution in [3.8, 4) is 0 Å². The minimum absolute atomic E-state index is 0.156. The standard InChI is InChI=1S/C20H30/c1-13(2)11-17-15(4)19(5,6)16-10-9-14(3)12-18(16)20(17,7)8/h9-10,12-13H,11H2,1-8H3. The van der Waals surface area contributed by atoms with Crippen molar-refractivity contribution in [1.82, 2.24) is 0 Å². The second kappa shape index (κ2) is 4.76. The molecule has 0 N–H and O–H groups in total. The molecule has 0 nitrogen and oxygen atoms in total. The molecule has 0 saturated carbocycles. The van der Waals surface area contributed by atoms with Gasteiger partial charge in [-0.2, -0.15) is 0 Å². The predicted octanol–water partition coefficient (Wildman–Crippen LogP) is 5.93. The fraction of sp³-hybridized carbons (Fsp3) is 0.600. The maximum Gasteiger partial charge on any atom is 0.0111 e. The number of allylic oxidation sites excluding steroid dienone is 2. The second-order valence-corrected chi connectivity index (χ2v) is 8.00. The fourth-order valence-corrected chi connectivity index (χ4v) is 3.75. The normalized spacial score (nSPS) is 20.2. The molecule has 1 aromatic carbocycles. The Morgan fingerprint density at radius 2 is 1.50 bits per heavy atom. The van der Waals surface area contributed by atoms with Gasteiger partial charge in [0.15, 0.2) is 0 Å². The van der Waals surface area contributed by atoms with E-state index < -0.39 is 0 Å². The number of fused-ring (bicyclic) bond motifs is 1. The van der Waals surface area contributed by atoms with E-state index >= 15 is 0 Å². The zero-order chi connectivity index (χ0) is 15.3. The number of hydrogen-bond acceptors (Lipinski definition) is 0. The van der Waals surface area contributed by atoms with E-state index in [1.54, 1.807) is 11.1 Å². The first-order chi connectivity index (χ1) is 9.08. The Bertz CT molecular complexity index is 553. The molecule has 0 radical (unpaired) electrons. The van der Waals surface area contributed by atoms with Crippen molar-refractivity contribution in [2.45, 2.75) is 72.6 Å². The molecule has 0 bridgehead atoms. The maximum atomic E-state index is 2.41. The van der Waals surface area contributed by atoms with Crippen LogP contribution in [0.5, 0.6) is 0 Å². The van der Waals surface area contributed by atoms with E-state index in [1.165, 1.54) is 23.1 Å². The summed E-state index contributed by atoms with van der Waals surface area (Å²) in [4.78, 5) is 0. The number of hydrogen-bond donors (Lipinski definition) is 0. The SMILES string of the molecule is CC1=C(CC(C)C)C(C)(C)c2cc(C)ccc2C1(C)C. The summed E-state index contributed by atoms with van der Waals surface area (Å²) >= 11 is 0. The van der Waals surface area contributed by atoms with Crippen LogP contribution in [-0.2, 0) is 10.8 Å². The molecule has 110 valence electrons. The van der Waals surface area contributed by atoms with Crippen molar-refractivity contribution >= 4 is 0 Å². The molecule has 20 heavy (non-hydrogen) atoms. The zero-order valence-electron chi connectivity index (χ0n) is 14.5. The molecule has 0 spiro atoms. The average Bonchev–Trinajstić information content (AvgIpc) is 2.33. The van der Waals surface area contributed by atoms with Gasteiger partial charge in [-0.3, -0.25) is 0 Å². The summed E-state index contributed by atoms with van der Waals surface area (Å²) in [5, 5.41) is 0. The molecule has 0 fully saturated rings. The topological polar surface area (TPSA) is 0 Å². The van der Waals surface area contributed by atoms with E-state index in [2.05, 4.69) is 73.6 Å². The van der Waals surface area contributed by atoms with Crippen molar-refractivity contribution in [1.29, 1.82) is 0 Å². The third kappa shape index (κ3) is 2.24. The van der Waals surface area contributed by atoms with Crippen molar-refractivity contribution in [3.05, 3.63) is 46.0 Å². The summed E-state index contributed by atoms with van der Waals surface area (Å²) in [6, 6.07) is 7.02. The summed E-state index contributed by atoms with van der Waals surface area (Å²) in [5.41, 5.74) is 7.95. The van der Waals surface area contributed by atoms with Gasteiger partial charge in [0.2, 0.25) is 0 Å². The van der Waals surface area contributed by atoms with Crippen molar-refractivity contribution in [2.75, 3.05) is 0 Å². The largest absolute Gasteiger partial charge is 0.0632 e. The van der Waals surface area contributed by atoms with Gasteiger partial charge in [0.25, 0.3) is 0 Å².